The van der Waals surface area contributed by atoms with Gasteiger partial charge in [0.25, 0.3) is 0 Å². The van der Waals surface area contributed by atoms with Gasteiger partial charge in [0, 0.05) is 24.9 Å². The molecule has 2 rings (SSSR count). The molecule has 0 saturated carbocycles. The molecule has 1 fully saturated rings. The zero-order chi connectivity index (χ0) is 24.7. The number of aliphatic hydroxyl groups is 1. The summed E-state index contributed by atoms with van der Waals surface area (Å²) in [6.07, 6.45) is 3.05. The maximum absolute atomic E-state index is 13.1. The van der Waals surface area contributed by atoms with Crippen molar-refractivity contribution in [2.24, 2.45) is 11.7 Å². The molecule has 1 aromatic rings. The summed E-state index contributed by atoms with van der Waals surface area (Å²) in [5.74, 6) is -2.96. The molecule has 33 heavy (non-hydrogen) atoms. The summed E-state index contributed by atoms with van der Waals surface area (Å²) in [4.78, 5) is 58.0. The Kier molecular flexibility index (Phi) is 9.35. The van der Waals surface area contributed by atoms with E-state index in [0.29, 0.717) is 25.1 Å². The zero-order valence-electron chi connectivity index (χ0n) is 19.2. The lowest BCUT2D eigenvalue weighted by atomic mass is 10.0. The number of nitrogens with one attached hydrogen (secondary N) is 3. The van der Waals surface area contributed by atoms with Gasteiger partial charge >= 0.3 is 5.97 Å². The highest BCUT2D eigenvalue weighted by atomic mass is 16.4. The third-order valence-electron chi connectivity index (χ3n) is 5.54. The number of likely N-dealkylation sites (tertiary alicyclic amines) is 1. The van der Waals surface area contributed by atoms with E-state index >= 15 is 0 Å². The molecule has 2 heterocycles. The Morgan fingerprint density at radius 1 is 1.24 bits per heavy atom. The number of carbonyl (C=O) groups is 4. The van der Waals surface area contributed by atoms with Crippen molar-refractivity contribution >= 4 is 23.7 Å². The Hall–Kier alpha value is -2.99. The number of nitrogens with two attached hydrogens (primary N) is 1. The number of H-pyrrole nitrogens is 1. The number of imidazole rings is 1. The number of carbonyl (C=O) groups excluding carboxylic acids is 3. The Labute approximate surface area is 192 Å². The van der Waals surface area contributed by atoms with Crippen LogP contribution in [0.3, 0.4) is 0 Å². The molecule has 0 spiro atoms. The van der Waals surface area contributed by atoms with Crippen LogP contribution in [0.25, 0.3) is 0 Å². The average molecular weight is 467 g/mol. The van der Waals surface area contributed by atoms with Crippen LogP contribution in [-0.4, -0.2) is 85.6 Å². The first-order valence-electron chi connectivity index (χ1n) is 11.1. The van der Waals surface area contributed by atoms with Gasteiger partial charge in [-0.3, -0.25) is 14.4 Å². The summed E-state index contributed by atoms with van der Waals surface area (Å²) in [7, 11) is 0. The van der Waals surface area contributed by atoms with Crippen molar-refractivity contribution in [1.82, 2.24) is 25.5 Å². The number of carboxylic acid groups (broad SMARTS) is 1. The third kappa shape index (κ3) is 7.26. The quantitative estimate of drug-likeness (QED) is 0.233. The first-order valence-corrected chi connectivity index (χ1v) is 11.1. The molecule has 12 heteroatoms. The predicted molar refractivity (Wildman–Crippen MR) is 118 cm³/mol. The fraction of sp³-hybridized carbons (Fsp3) is 0.667. The predicted octanol–water partition coefficient (Wildman–Crippen LogP) is -1.25. The smallest absolute Gasteiger partial charge is 0.326 e. The highest BCUT2D eigenvalue weighted by Gasteiger charge is 2.39. The molecule has 1 aromatic heterocycles. The first-order chi connectivity index (χ1) is 15.5. The lowest BCUT2D eigenvalue weighted by molar-refractivity contribution is -0.149. The number of aromatic nitrogens is 2. The highest BCUT2D eigenvalue weighted by Crippen LogP contribution is 2.20. The number of carboxylic acids is 1. The maximum Gasteiger partial charge on any atom is 0.326 e. The van der Waals surface area contributed by atoms with Crippen LogP contribution in [0.2, 0.25) is 0 Å². The van der Waals surface area contributed by atoms with Gasteiger partial charge < -0.3 is 36.5 Å². The topological polar surface area (TPSA) is 191 Å². The minimum atomic E-state index is -1.35. The molecule has 184 valence electrons. The average Bonchev–Trinajstić information content (AvgIpc) is 3.41. The number of nitrogens with zero attached hydrogens (tertiary/aromatic N) is 2. The largest absolute Gasteiger partial charge is 0.480 e. The van der Waals surface area contributed by atoms with Crippen molar-refractivity contribution < 1.29 is 29.4 Å². The maximum atomic E-state index is 13.1. The monoisotopic (exact) mass is 466 g/mol. The molecule has 0 bridgehead atoms. The van der Waals surface area contributed by atoms with E-state index in [9.17, 15) is 29.4 Å². The van der Waals surface area contributed by atoms with E-state index in [2.05, 4.69) is 20.6 Å². The van der Waals surface area contributed by atoms with E-state index < -0.39 is 54.0 Å². The molecule has 1 saturated heterocycles. The molecule has 7 N–H and O–H groups in total. The summed E-state index contributed by atoms with van der Waals surface area (Å²) < 4.78 is 0. The lowest BCUT2D eigenvalue weighted by Crippen LogP contribution is -2.60. The van der Waals surface area contributed by atoms with Crippen LogP contribution < -0.4 is 16.4 Å². The van der Waals surface area contributed by atoms with Gasteiger partial charge in [-0.2, -0.15) is 0 Å². The molecule has 0 aromatic carbocycles. The minimum absolute atomic E-state index is 0.0209. The van der Waals surface area contributed by atoms with Gasteiger partial charge in [0.2, 0.25) is 17.7 Å². The normalized spacial score (nSPS) is 19.6. The molecule has 12 nitrogen and oxygen atoms in total. The van der Waals surface area contributed by atoms with Crippen LogP contribution in [-0.2, 0) is 25.6 Å². The summed E-state index contributed by atoms with van der Waals surface area (Å²) in [5, 5.41) is 24.6. The lowest BCUT2D eigenvalue weighted by Gasteiger charge is -2.30. The van der Waals surface area contributed by atoms with Crippen molar-refractivity contribution in [1.29, 1.82) is 0 Å². The highest BCUT2D eigenvalue weighted by molar-refractivity contribution is 5.94. The molecular weight excluding hydrogens is 432 g/mol. The van der Waals surface area contributed by atoms with Gasteiger partial charge in [-0.05, 0) is 32.1 Å². The Morgan fingerprint density at radius 3 is 2.48 bits per heavy atom. The van der Waals surface area contributed by atoms with Crippen LogP contribution in [0.4, 0.5) is 0 Å². The third-order valence-corrected chi connectivity index (χ3v) is 5.54. The number of aliphatic hydroxyl groups excluding tert-OH is 1. The Morgan fingerprint density at radius 2 is 1.94 bits per heavy atom. The number of rotatable bonds is 11. The second-order valence-electron chi connectivity index (χ2n) is 8.83. The van der Waals surface area contributed by atoms with Crippen molar-refractivity contribution in [3.05, 3.63) is 18.2 Å². The number of hydrogen-bond acceptors (Lipinski definition) is 7. The van der Waals surface area contributed by atoms with Crippen molar-refractivity contribution in [2.75, 3.05) is 6.54 Å². The molecule has 5 atom stereocenters. The van der Waals surface area contributed by atoms with E-state index in [1.165, 1.54) is 24.3 Å². The van der Waals surface area contributed by atoms with Gasteiger partial charge in [0.15, 0.2) is 0 Å². The molecule has 5 unspecified atom stereocenters. The molecule has 1 aliphatic rings. The van der Waals surface area contributed by atoms with Crippen LogP contribution in [0.5, 0.6) is 0 Å². The fourth-order valence-corrected chi connectivity index (χ4v) is 3.83. The standard InChI is InChI=1S/C21H34N6O6/c1-11(2)7-15(20(31)27-6-4-5-16(27)21(32)33)25-19(30)17(12(3)28)26-18(29)14(22)8-13-9-23-10-24-13/h9-12,14-17,28H,4-8,22H2,1-3H3,(H,23,24)(H,25,30)(H,26,29)(H,32,33). The van der Waals surface area contributed by atoms with Crippen LogP contribution in [0.15, 0.2) is 12.5 Å². The Balaban J connectivity index is 2.09. The molecule has 0 aliphatic carbocycles. The second kappa shape index (κ2) is 11.8. The SMILES string of the molecule is CC(C)CC(NC(=O)C(NC(=O)C(N)Cc1cnc[nH]1)C(C)O)C(=O)N1CCCC1C(=O)O. The van der Waals surface area contributed by atoms with Gasteiger partial charge in [0.05, 0.1) is 18.5 Å². The fourth-order valence-electron chi connectivity index (χ4n) is 3.83. The van der Waals surface area contributed by atoms with Crippen LogP contribution in [0.1, 0.15) is 45.7 Å². The molecule has 0 radical (unpaired) electrons. The second-order valence-corrected chi connectivity index (χ2v) is 8.83. The number of hydrogen-bond donors (Lipinski definition) is 6. The summed E-state index contributed by atoms with van der Waals surface area (Å²) in [5.41, 5.74) is 6.55. The summed E-state index contributed by atoms with van der Waals surface area (Å²) >= 11 is 0. The van der Waals surface area contributed by atoms with Crippen molar-refractivity contribution in [2.45, 2.75) is 76.7 Å². The molecule has 1 aliphatic heterocycles. The van der Waals surface area contributed by atoms with Gasteiger partial charge in [-0.25, -0.2) is 9.78 Å². The van der Waals surface area contributed by atoms with Crippen molar-refractivity contribution in [3.63, 3.8) is 0 Å². The van der Waals surface area contributed by atoms with Gasteiger partial charge in [0.1, 0.15) is 18.1 Å². The van der Waals surface area contributed by atoms with E-state index in [4.69, 9.17) is 5.73 Å². The summed E-state index contributed by atoms with van der Waals surface area (Å²) in [6, 6.07) is -4.26. The van der Waals surface area contributed by atoms with Crippen LogP contribution >= 0.6 is 0 Å². The zero-order valence-corrected chi connectivity index (χ0v) is 19.2. The molecule has 3 amide bonds. The minimum Gasteiger partial charge on any atom is -0.480 e. The summed E-state index contributed by atoms with van der Waals surface area (Å²) in [6.45, 7) is 5.37. The van der Waals surface area contributed by atoms with E-state index in [1.54, 1.807) is 0 Å². The van der Waals surface area contributed by atoms with Gasteiger partial charge in [-0.1, -0.05) is 13.8 Å². The number of aliphatic carboxylic acids is 1. The van der Waals surface area contributed by atoms with E-state index in [0.717, 1.165) is 0 Å². The van der Waals surface area contributed by atoms with Crippen LogP contribution in [0, 0.1) is 5.92 Å². The van der Waals surface area contributed by atoms with Gasteiger partial charge in [-0.15, -0.1) is 0 Å². The Bertz CT molecular complexity index is 827. The molecular formula is C21H34N6O6. The number of aromatic amines is 1. The van der Waals surface area contributed by atoms with Crippen molar-refractivity contribution in [3.8, 4) is 0 Å². The van der Waals surface area contributed by atoms with E-state index in [-0.39, 0.29) is 18.8 Å². The first kappa shape index (κ1) is 26.3. The van der Waals surface area contributed by atoms with E-state index in [1.807, 2.05) is 13.8 Å². The number of amides is 3.